The average molecular weight is 258 g/mol. The first-order valence-electron chi connectivity index (χ1n) is 5.75. The van der Waals surface area contributed by atoms with Crippen LogP contribution in [0.3, 0.4) is 0 Å². The standard InChI is InChI=1S/C13H14N4O2/c1-9-6-7-12(18)17(16-9)8-10-4-2-3-5-11(10)13(19)15-14/h2-7H,8,14H2,1H3,(H,15,19). The largest absolute Gasteiger partial charge is 0.290 e. The van der Waals surface area contributed by atoms with Crippen LogP contribution in [0, 0.1) is 6.92 Å². The van der Waals surface area contributed by atoms with Crippen molar-refractivity contribution < 1.29 is 4.79 Å². The summed E-state index contributed by atoms with van der Waals surface area (Å²) in [6, 6.07) is 10.1. The lowest BCUT2D eigenvalue weighted by molar-refractivity contribution is 0.0952. The number of nitrogen functional groups attached to an aromatic ring is 1. The first-order valence-corrected chi connectivity index (χ1v) is 5.75. The van der Waals surface area contributed by atoms with Crippen molar-refractivity contribution in [3.63, 3.8) is 0 Å². The van der Waals surface area contributed by atoms with Crippen molar-refractivity contribution in [1.82, 2.24) is 15.2 Å². The van der Waals surface area contributed by atoms with Gasteiger partial charge in [-0.3, -0.25) is 15.0 Å². The minimum atomic E-state index is -0.392. The maximum atomic E-state index is 11.7. The molecule has 0 atom stereocenters. The minimum Gasteiger partial charge on any atom is -0.290 e. The number of amides is 1. The molecular weight excluding hydrogens is 244 g/mol. The fourth-order valence-corrected chi connectivity index (χ4v) is 1.78. The Labute approximate surface area is 109 Å². The van der Waals surface area contributed by atoms with Gasteiger partial charge in [0.15, 0.2) is 0 Å². The summed E-state index contributed by atoms with van der Waals surface area (Å²) in [7, 11) is 0. The van der Waals surface area contributed by atoms with Crippen LogP contribution in [0.5, 0.6) is 0 Å². The lowest BCUT2D eigenvalue weighted by atomic mass is 10.1. The van der Waals surface area contributed by atoms with Crippen LogP contribution in [0.15, 0.2) is 41.2 Å². The lowest BCUT2D eigenvalue weighted by Gasteiger charge is -2.09. The summed E-state index contributed by atoms with van der Waals surface area (Å²) in [5.41, 5.74) is 3.73. The Balaban J connectivity index is 2.41. The summed E-state index contributed by atoms with van der Waals surface area (Å²) in [4.78, 5) is 23.3. The smallest absolute Gasteiger partial charge is 0.267 e. The first kappa shape index (κ1) is 13.0. The number of hydrogen-bond acceptors (Lipinski definition) is 4. The highest BCUT2D eigenvalue weighted by atomic mass is 16.2. The van der Waals surface area contributed by atoms with Gasteiger partial charge in [0.25, 0.3) is 11.5 Å². The van der Waals surface area contributed by atoms with Crippen LogP contribution in [-0.4, -0.2) is 15.7 Å². The molecule has 6 nitrogen and oxygen atoms in total. The molecule has 0 aliphatic carbocycles. The van der Waals surface area contributed by atoms with Crippen LogP contribution in [0.2, 0.25) is 0 Å². The maximum Gasteiger partial charge on any atom is 0.267 e. The molecule has 19 heavy (non-hydrogen) atoms. The summed E-state index contributed by atoms with van der Waals surface area (Å²) in [6.45, 7) is 2.03. The molecule has 1 aromatic heterocycles. The van der Waals surface area contributed by atoms with Crippen molar-refractivity contribution in [3.8, 4) is 0 Å². The van der Waals surface area contributed by atoms with Gasteiger partial charge < -0.3 is 0 Å². The van der Waals surface area contributed by atoms with Gasteiger partial charge in [-0.2, -0.15) is 5.10 Å². The molecule has 0 saturated carbocycles. The van der Waals surface area contributed by atoms with E-state index < -0.39 is 5.91 Å². The number of hydrazine groups is 1. The van der Waals surface area contributed by atoms with E-state index in [1.54, 1.807) is 37.3 Å². The molecule has 0 fully saturated rings. The van der Waals surface area contributed by atoms with Crippen molar-refractivity contribution in [2.45, 2.75) is 13.5 Å². The van der Waals surface area contributed by atoms with Crippen LogP contribution in [0.4, 0.5) is 0 Å². The highest BCUT2D eigenvalue weighted by Crippen LogP contribution is 2.09. The van der Waals surface area contributed by atoms with Gasteiger partial charge in [0.2, 0.25) is 0 Å². The Kier molecular flexibility index (Phi) is 3.72. The normalized spacial score (nSPS) is 10.2. The van der Waals surface area contributed by atoms with Gasteiger partial charge in [-0.15, -0.1) is 0 Å². The maximum absolute atomic E-state index is 11.7. The molecule has 3 N–H and O–H groups in total. The van der Waals surface area contributed by atoms with Crippen molar-refractivity contribution in [2.24, 2.45) is 5.84 Å². The van der Waals surface area contributed by atoms with Gasteiger partial charge in [0.05, 0.1) is 12.2 Å². The summed E-state index contributed by atoms with van der Waals surface area (Å²) >= 11 is 0. The number of nitrogens with zero attached hydrogens (tertiary/aromatic N) is 2. The Bertz CT molecular complexity index is 664. The zero-order valence-electron chi connectivity index (χ0n) is 10.5. The van der Waals surface area contributed by atoms with E-state index in [4.69, 9.17) is 5.84 Å². The average Bonchev–Trinajstić information content (AvgIpc) is 2.42. The third kappa shape index (κ3) is 2.86. The SMILES string of the molecule is Cc1ccc(=O)n(Cc2ccccc2C(=O)NN)n1. The number of aryl methyl sites for hydroxylation is 1. The number of benzene rings is 1. The predicted molar refractivity (Wildman–Crippen MR) is 70.4 cm³/mol. The van der Waals surface area contributed by atoms with Crippen LogP contribution in [0.25, 0.3) is 0 Å². The molecule has 0 spiro atoms. The van der Waals surface area contributed by atoms with Gasteiger partial charge in [-0.05, 0) is 24.6 Å². The van der Waals surface area contributed by atoms with E-state index in [2.05, 4.69) is 10.5 Å². The van der Waals surface area contributed by atoms with Gasteiger partial charge in [0, 0.05) is 11.6 Å². The Hall–Kier alpha value is -2.47. The number of carbonyl (C=O) groups is 1. The third-order valence-electron chi connectivity index (χ3n) is 2.71. The molecule has 6 heteroatoms. The van der Waals surface area contributed by atoms with Gasteiger partial charge >= 0.3 is 0 Å². The molecule has 1 aromatic carbocycles. The Morgan fingerprint density at radius 1 is 1.32 bits per heavy atom. The highest BCUT2D eigenvalue weighted by Gasteiger charge is 2.10. The molecule has 1 amide bonds. The molecule has 0 aliphatic rings. The fraction of sp³-hybridized carbons (Fsp3) is 0.154. The number of carbonyl (C=O) groups excluding carboxylic acids is 1. The van der Waals surface area contributed by atoms with E-state index in [-0.39, 0.29) is 12.1 Å². The summed E-state index contributed by atoms with van der Waals surface area (Å²) in [5, 5.41) is 4.14. The number of nitrogens with one attached hydrogen (secondary N) is 1. The van der Waals surface area contributed by atoms with E-state index >= 15 is 0 Å². The van der Waals surface area contributed by atoms with Crippen molar-refractivity contribution >= 4 is 5.91 Å². The van der Waals surface area contributed by atoms with Gasteiger partial charge in [0.1, 0.15) is 0 Å². The second-order valence-corrected chi connectivity index (χ2v) is 4.10. The molecule has 2 aromatic rings. The van der Waals surface area contributed by atoms with E-state index in [0.29, 0.717) is 11.1 Å². The predicted octanol–water partition coefficient (Wildman–Crippen LogP) is 0.204. The number of rotatable bonds is 3. The van der Waals surface area contributed by atoms with E-state index in [9.17, 15) is 9.59 Å². The molecule has 0 aliphatic heterocycles. The summed E-state index contributed by atoms with van der Waals surface area (Å²) in [5.74, 6) is 4.74. The van der Waals surface area contributed by atoms with Crippen LogP contribution >= 0.6 is 0 Å². The second-order valence-electron chi connectivity index (χ2n) is 4.10. The Morgan fingerprint density at radius 3 is 2.79 bits per heavy atom. The minimum absolute atomic E-state index is 0.214. The van der Waals surface area contributed by atoms with E-state index in [1.807, 2.05) is 0 Å². The van der Waals surface area contributed by atoms with Crippen LogP contribution in [0.1, 0.15) is 21.6 Å². The van der Waals surface area contributed by atoms with Crippen molar-refractivity contribution in [3.05, 3.63) is 63.6 Å². The Morgan fingerprint density at radius 2 is 2.05 bits per heavy atom. The molecule has 0 bridgehead atoms. The first-order chi connectivity index (χ1) is 9.11. The molecule has 0 unspecified atom stereocenters. The van der Waals surface area contributed by atoms with E-state index in [1.165, 1.54) is 10.7 Å². The summed E-state index contributed by atoms with van der Waals surface area (Å²) in [6.07, 6.45) is 0. The number of aromatic nitrogens is 2. The molecule has 1 heterocycles. The number of nitrogens with two attached hydrogens (primary N) is 1. The molecule has 2 rings (SSSR count). The van der Waals surface area contributed by atoms with Crippen LogP contribution < -0.4 is 16.8 Å². The lowest BCUT2D eigenvalue weighted by Crippen LogP contribution is -2.31. The zero-order valence-corrected chi connectivity index (χ0v) is 10.5. The topological polar surface area (TPSA) is 90.0 Å². The van der Waals surface area contributed by atoms with Gasteiger partial charge in [-0.25, -0.2) is 10.5 Å². The zero-order chi connectivity index (χ0) is 13.8. The van der Waals surface area contributed by atoms with Gasteiger partial charge in [-0.1, -0.05) is 18.2 Å². The monoisotopic (exact) mass is 258 g/mol. The quantitative estimate of drug-likeness (QED) is 0.467. The molecule has 98 valence electrons. The van der Waals surface area contributed by atoms with Crippen molar-refractivity contribution in [2.75, 3.05) is 0 Å². The summed E-state index contributed by atoms with van der Waals surface area (Å²) < 4.78 is 1.32. The molecule has 0 saturated heterocycles. The molecule has 0 radical (unpaired) electrons. The molecular formula is C13H14N4O2. The fourth-order valence-electron chi connectivity index (χ4n) is 1.78. The van der Waals surface area contributed by atoms with Crippen LogP contribution in [-0.2, 0) is 6.54 Å². The van der Waals surface area contributed by atoms with Crippen molar-refractivity contribution in [1.29, 1.82) is 0 Å². The number of hydrogen-bond donors (Lipinski definition) is 2. The van der Waals surface area contributed by atoms with E-state index in [0.717, 1.165) is 5.69 Å². The second kappa shape index (κ2) is 5.45. The highest BCUT2D eigenvalue weighted by molar-refractivity contribution is 5.95. The third-order valence-corrected chi connectivity index (χ3v) is 2.71.